The lowest BCUT2D eigenvalue weighted by Crippen LogP contribution is -2.41. The van der Waals surface area contributed by atoms with Crippen LogP contribution in [0.4, 0.5) is 0 Å². The SMILES string of the molecule is CC(CCCN)C(=O)N1CCCN2CCCC2C1. The molecule has 2 atom stereocenters. The average Bonchev–Trinajstić information content (AvgIpc) is 2.72. The third-order valence-corrected chi connectivity index (χ3v) is 4.38. The molecule has 2 fully saturated rings. The molecule has 0 bridgehead atoms. The number of hydrogen-bond acceptors (Lipinski definition) is 3. The van der Waals surface area contributed by atoms with Gasteiger partial charge in [0.25, 0.3) is 0 Å². The second-order valence-corrected chi connectivity index (χ2v) is 5.80. The van der Waals surface area contributed by atoms with Crippen LogP contribution in [0, 0.1) is 5.92 Å². The van der Waals surface area contributed by atoms with Gasteiger partial charge in [-0.25, -0.2) is 0 Å². The minimum Gasteiger partial charge on any atom is -0.341 e. The van der Waals surface area contributed by atoms with Gasteiger partial charge in [-0.1, -0.05) is 6.92 Å². The van der Waals surface area contributed by atoms with Crippen molar-refractivity contribution < 1.29 is 4.79 Å². The first-order valence-corrected chi connectivity index (χ1v) is 7.45. The molecule has 0 aromatic rings. The number of carbonyl (C=O) groups excluding carboxylic acids is 1. The molecule has 2 rings (SSSR count). The highest BCUT2D eigenvalue weighted by molar-refractivity contribution is 5.78. The van der Waals surface area contributed by atoms with Crippen LogP contribution in [0.3, 0.4) is 0 Å². The maximum Gasteiger partial charge on any atom is 0.225 e. The van der Waals surface area contributed by atoms with Crippen LogP contribution in [-0.2, 0) is 4.79 Å². The molecule has 0 saturated carbocycles. The van der Waals surface area contributed by atoms with Crippen LogP contribution >= 0.6 is 0 Å². The largest absolute Gasteiger partial charge is 0.341 e. The summed E-state index contributed by atoms with van der Waals surface area (Å²) in [6.45, 7) is 7.04. The van der Waals surface area contributed by atoms with Crippen LogP contribution < -0.4 is 5.73 Å². The summed E-state index contributed by atoms with van der Waals surface area (Å²) in [6.07, 6.45) is 5.58. The summed E-state index contributed by atoms with van der Waals surface area (Å²) in [5, 5.41) is 0. The van der Waals surface area contributed by atoms with Crippen LogP contribution in [0.25, 0.3) is 0 Å². The molecule has 2 aliphatic heterocycles. The quantitative estimate of drug-likeness (QED) is 0.815. The lowest BCUT2D eigenvalue weighted by atomic mass is 10.0. The maximum absolute atomic E-state index is 12.4. The molecule has 2 heterocycles. The van der Waals surface area contributed by atoms with Crippen LogP contribution in [0.1, 0.15) is 39.0 Å². The van der Waals surface area contributed by atoms with E-state index in [2.05, 4.69) is 16.7 Å². The van der Waals surface area contributed by atoms with E-state index in [1.54, 1.807) is 0 Å². The van der Waals surface area contributed by atoms with Gasteiger partial charge < -0.3 is 10.6 Å². The molecular weight excluding hydrogens is 226 g/mol. The van der Waals surface area contributed by atoms with Crippen molar-refractivity contribution in [2.45, 2.75) is 45.1 Å². The Balaban J connectivity index is 1.89. The molecule has 2 unspecified atom stereocenters. The first-order chi connectivity index (χ1) is 8.72. The molecule has 0 aromatic carbocycles. The van der Waals surface area contributed by atoms with Crippen LogP contribution in [0.2, 0.25) is 0 Å². The lowest BCUT2D eigenvalue weighted by molar-refractivity contribution is -0.135. The fourth-order valence-corrected chi connectivity index (χ4v) is 3.27. The van der Waals surface area contributed by atoms with Crippen molar-refractivity contribution in [3.8, 4) is 0 Å². The highest BCUT2D eigenvalue weighted by Gasteiger charge is 2.31. The number of carbonyl (C=O) groups is 1. The van der Waals surface area contributed by atoms with E-state index >= 15 is 0 Å². The molecule has 2 saturated heterocycles. The monoisotopic (exact) mass is 253 g/mol. The Morgan fingerprint density at radius 2 is 2.11 bits per heavy atom. The minimum absolute atomic E-state index is 0.140. The van der Waals surface area contributed by atoms with E-state index in [9.17, 15) is 4.79 Å². The Morgan fingerprint density at radius 3 is 2.89 bits per heavy atom. The fourth-order valence-electron chi connectivity index (χ4n) is 3.27. The lowest BCUT2D eigenvalue weighted by Gasteiger charge is -2.27. The normalized spacial score (nSPS) is 26.8. The summed E-state index contributed by atoms with van der Waals surface area (Å²) in [5.74, 6) is 0.485. The number of nitrogens with two attached hydrogens (primary N) is 1. The van der Waals surface area contributed by atoms with Crippen molar-refractivity contribution >= 4 is 5.91 Å². The zero-order valence-electron chi connectivity index (χ0n) is 11.6. The van der Waals surface area contributed by atoms with Gasteiger partial charge in [0.05, 0.1) is 0 Å². The van der Waals surface area contributed by atoms with Crippen molar-refractivity contribution in [1.82, 2.24) is 9.80 Å². The third kappa shape index (κ3) is 3.23. The fraction of sp³-hybridized carbons (Fsp3) is 0.929. The van der Waals surface area contributed by atoms with Gasteiger partial charge in [-0.15, -0.1) is 0 Å². The Hall–Kier alpha value is -0.610. The number of rotatable bonds is 4. The molecule has 1 amide bonds. The second kappa shape index (κ2) is 6.53. The van der Waals surface area contributed by atoms with Crippen molar-refractivity contribution in [1.29, 1.82) is 0 Å². The average molecular weight is 253 g/mol. The Morgan fingerprint density at radius 1 is 1.33 bits per heavy atom. The summed E-state index contributed by atoms with van der Waals surface area (Å²) < 4.78 is 0. The Kier molecular flexibility index (Phi) is 5.01. The second-order valence-electron chi connectivity index (χ2n) is 5.80. The number of hydrogen-bond donors (Lipinski definition) is 1. The molecule has 2 aliphatic rings. The summed E-state index contributed by atoms with van der Waals surface area (Å²) >= 11 is 0. The van der Waals surface area contributed by atoms with Gasteiger partial charge in [0, 0.05) is 31.6 Å². The van der Waals surface area contributed by atoms with E-state index < -0.39 is 0 Å². The number of fused-ring (bicyclic) bond motifs is 1. The predicted octanol–water partition coefficient (Wildman–Crippen LogP) is 1.06. The highest BCUT2D eigenvalue weighted by atomic mass is 16.2. The van der Waals surface area contributed by atoms with Gasteiger partial charge in [-0.05, 0) is 45.2 Å². The van der Waals surface area contributed by atoms with E-state index in [1.165, 1.54) is 25.9 Å². The van der Waals surface area contributed by atoms with Crippen LogP contribution in [0.15, 0.2) is 0 Å². The molecule has 0 spiro atoms. The molecule has 4 nitrogen and oxygen atoms in total. The molecule has 0 radical (unpaired) electrons. The standard InChI is InChI=1S/C14H27N3O/c1-12(5-2-7-15)14(18)17-10-4-9-16-8-3-6-13(16)11-17/h12-13H,2-11,15H2,1H3. The Labute approximate surface area is 110 Å². The first-order valence-electron chi connectivity index (χ1n) is 7.45. The number of nitrogens with zero attached hydrogens (tertiary/aromatic N) is 2. The molecule has 4 heteroatoms. The molecule has 0 aromatic heterocycles. The molecule has 104 valence electrons. The van der Waals surface area contributed by atoms with Crippen LogP contribution in [0.5, 0.6) is 0 Å². The van der Waals surface area contributed by atoms with Crippen molar-refractivity contribution in [2.24, 2.45) is 11.7 Å². The molecular formula is C14H27N3O. The van der Waals surface area contributed by atoms with Gasteiger partial charge in [0.15, 0.2) is 0 Å². The Bertz CT molecular complexity index is 282. The zero-order chi connectivity index (χ0) is 13.0. The van der Waals surface area contributed by atoms with Gasteiger partial charge in [0.2, 0.25) is 5.91 Å². The van der Waals surface area contributed by atoms with E-state index in [-0.39, 0.29) is 5.92 Å². The summed E-state index contributed by atoms with van der Waals surface area (Å²) in [6, 6.07) is 0.623. The molecule has 18 heavy (non-hydrogen) atoms. The topological polar surface area (TPSA) is 49.6 Å². The van der Waals surface area contributed by atoms with Gasteiger partial charge in [-0.3, -0.25) is 9.69 Å². The van der Waals surface area contributed by atoms with Crippen molar-refractivity contribution in [3.63, 3.8) is 0 Å². The summed E-state index contributed by atoms with van der Waals surface area (Å²) in [4.78, 5) is 17.1. The van der Waals surface area contributed by atoms with Gasteiger partial charge >= 0.3 is 0 Å². The zero-order valence-corrected chi connectivity index (χ0v) is 11.6. The molecule has 0 aliphatic carbocycles. The van der Waals surface area contributed by atoms with E-state index in [4.69, 9.17) is 5.73 Å². The predicted molar refractivity (Wildman–Crippen MR) is 73.2 cm³/mol. The van der Waals surface area contributed by atoms with Crippen molar-refractivity contribution in [2.75, 3.05) is 32.7 Å². The summed E-state index contributed by atoms with van der Waals surface area (Å²) in [5.41, 5.74) is 5.52. The third-order valence-electron chi connectivity index (χ3n) is 4.38. The molecule has 2 N–H and O–H groups in total. The van der Waals surface area contributed by atoms with E-state index in [0.29, 0.717) is 18.5 Å². The van der Waals surface area contributed by atoms with E-state index in [1.807, 2.05) is 0 Å². The first kappa shape index (κ1) is 13.8. The van der Waals surface area contributed by atoms with E-state index in [0.717, 1.165) is 32.4 Å². The van der Waals surface area contributed by atoms with Crippen molar-refractivity contribution in [3.05, 3.63) is 0 Å². The number of amides is 1. The minimum atomic E-state index is 0.140. The maximum atomic E-state index is 12.4. The van der Waals surface area contributed by atoms with Gasteiger partial charge in [-0.2, -0.15) is 0 Å². The highest BCUT2D eigenvalue weighted by Crippen LogP contribution is 2.22. The summed E-state index contributed by atoms with van der Waals surface area (Å²) in [7, 11) is 0. The van der Waals surface area contributed by atoms with Crippen LogP contribution in [-0.4, -0.2) is 54.5 Å². The van der Waals surface area contributed by atoms with Gasteiger partial charge in [0.1, 0.15) is 0 Å². The smallest absolute Gasteiger partial charge is 0.225 e.